The van der Waals surface area contributed by atoms with Gasteiger partial charge in [-0.25, -0.2) is 0 Å². The van der Waals surface area contributed by atoms with Crippen molar-refractivity contribution in [2.24, 2.45) is 0 Å². The van der Waals surface area contributed by atoms with E-state index in [4.69, 9.17) is 7.85 Å². The van der Waals surface area contributed by atoms with Crippen LogP contribution >= 0.6 is 22.7 Å². The van der Waals surface area contributed by atoms with Gasteiger partial charge in [-0.1, -0.05) is 12.1 Å². The largest absolute Gasteiger partial charge is 0.151 e. The van der Waals surface area contributed by atoms with Crippen LogP contribution in [0, 0.1) is 0 Å². The Kier molecular flexibility index (Phi) is 1.84. The fraction of sp³-hybridized carbons (Fsp3) is 0. The van der Waals surface area contributed by atoms with Crippen LogP contribution in [0.15, 0.2) is 29.6 Å². The lowest BCUT2D eigenvalue weighted by molar-refractivity contribution is 1.94. The molecule has 0 aliphatic rings. The van der Waals surface area contributed by atoms with Gasteiger partial charge in [0.05, 0.1) is 0 Å². The second kappa shape index (κ2) is 2.84. The molecule has 11 heavy (non-hydrogen) atoms. The third-order valence-corrected chi connectivity index (χ3v) is 3.37. The molecule has 2 heterocycles. The summed E-state index contributed by atoms with van der Waals surface area (Å²) in [5, 5.41) is 2.07. The van der Waals surface area contributed by atoms with Gasteiger partial charge in [0.1, 0.15) is 7.85 Å². The molecule has 52 valence electrons. The molecule has 0 aromatic carbocycles. The van der Waals surface area contributed by atoms with Crippen LogP contribution in [0.3, 0.4) is 0 Å². The van der Waals surface area contributed by atoms with Crippen molar-refractivity contribution in [3.05, 3.63) is 29.6 Å². The van der Waals surface area contributed by atoms with E-state index in [9.17, 15) is 0 Å². The SMILES string of the molecule is [B]c1ccc(-c2cccs2)s1. The highest BCUT2D eigenvalue weighted by Crippen LogP contribution is 2.27. The third kappa shape index (κ3) is 1.39. The fourth-order valence-electron chi connectivity index (χ4n) is 0.904. The van der Waals surface area contributed by atoms with Crippen LogP contribution in [0.2, 0.25) is 0 Å². The number of rotatable bonds is 1. The molecule has 0 nitrogen and oxygen atoms in total. The Bertz CT molecular complexity index is 335. The van der Waals surface area contributed by atoms with Crippen molar-refractivity contribution in [1.29, 1.82) is 0 Å². The average Bonchev–Trinajstić information content (AvgIpc) is 2.55. The van der Waals surface area contributed by atoms with E-state index in [-0.39, 0.29) is 0 Å². The van der Waals surface area contributed by atoms with Crippen molar-refractivity contribution >= 4 is 35.3 Å². The molecule has 0 N–H and O–H groups in total. The van der Waals surface area contributed by atoms with Gasteiger partial charge in [-0.2, -0.15) is 11.3 Å². The van der Waals surface area contributed by atoms with E-state index >= 15 is 0 Å². The molecule has 2 rings (SSSR count). The zero-order valence-corrected chi connectivity index (χ0v) is 7.41. The molecule has 2 aromatic rings. The van der Waals surface area contributed by atoms with Crippen molar-refractivity contribution in [3.63, 3.8) is 0 Å². The van der Waals surface area contributed by atoms with E-state index in [1.165, 1.54) is 9.75 Å². The summed E-state index contributed by atoms with van der Waals surface area (Å²) in [5.74, 6) is 0. The summed E-state index contributed by atoms with van der Waals surface area (Å²) in [6.07, 6.45) is 0. The standard InChI is InChI=1S/C8H5BS2/c9-8-4-3-7(11-8)6-2-1-5-10-6/h1-5H. The van der Waals surface area contributed by atoms with Crippen LogP contribution in [0.25, 0.3) is 9.75 Å². The highest BCUT2D eigenvalue weighted by Gasteiger charge is 1.99. The molecule has 3 heteroatoms. The first kappa shape index (κ1) is 7.13. The predicted octanol–water partition coefficient (Wildman–Crippen LogP) is 2.27. The summed E-state index contributed by atoms with van der Waals surface area (Å²) in [6, 6.07) is 8.16. The molecule has 0 saturated heterocycles. The number of hydrogen-bond donors (Lipinski definition) is 0. The van der Waals surface area contributed by atoms with Crippen molar-refractivity contribution in [1.82, 2.24) is 0 Å². The Hall–Kier alpha value is -0.535. The first-order valence-corrected chi connectivity index (χ1v) is 4.95. The second-order valence-corrected chi connectivity index (χ2v) is 4.24. The lowest BCUT2D eigenvalue weighted by atomic mass is 10.1. The Morgan fingerprint density at radius 3 is 2.55 bits per heavy atom. The topological polar surface area (TPSA) is 0 Å². The maximum absolute atomic E-state index is 5.61. The molecule has 0 aliphatic carbocycles. The minimum Gasteiger partial charge on any atom is -0.151 e. The van der Waals surface area contributed by atoms with Gasteiger partial charge in [0.15, 0.2) is 0 Å². The monoisotopic (exact) mass is 176 g/mol. The van der Waals surface area contributed by atoms with Gasteiger partial charge in [0.2, 0.25) is 0 Å². The average molecular weight is 176 g/mol. The van der Waals surface area contributed by atoms with Gasteiger partial charge < -0.3 is 0 Å². The summed E-state index contributed by atoms with van der Waals surface area (Å²) in [6.45, 7) is 0. The fourth-order valence-corrected chi connectivity index (χ4v) is 2.51. The molecule has 0 aliphatic heterocycles. The van der Waals surface area contributed by atoms with Gasteiger partial charge in [-0.15, -0.1) is 11.3 Å². The van der Waals surface area contributed by atoms with E-state index in [1.54, 1.807) is 22.7 Å². The van der Waals surface area contributed by atoms with Crippen LogP contribution in [-0.2, 0) is 0 Å². The van der Waals surface area contributed by atoms with Crippen molar-refractivity contribution < 1.29 is 0 Å². The van der Waals surface area contributed by atoms with E-state index in [1.807, 2.05) is 6.07 Å². The minimum atomic E-state index is 0.883. The summed E-state index contributed by atoms with van der Waals surface area (Å²) in [5.41, 5.74) is 0. The summed E-state index contributed by atoms with van der Waals surface area (Å²) < 4.78 is 0.883. The summed E-state index contributed by atoms with van der Waals surface area (Å²) in [4.78, 5) is 2.56. The summed E-state index contributed by atoms with van der Waals surface area (Å²) in [7, 11) is 5.61. The molecule has 0 amide bonds. The highest BCUT2D eigenvalue weighted by atomic mass is 32.1. The predicted molar refractivity (Wildman–Crippen MR) is 53.0 cm³/mol. The smallest absolute Gasteiger partial charge is 0.128 e. The second-order valence-electron chi connectivity index (χ2n) is 2.18. The van der Waals surface area contributed by atoms with Gasteiger partial charge in [0, 0.05) is 9.75 Å². The van der Waals surface area contributed by atoms with E-state index in [0.717, 1.165) is 4.78 Å². The maximum Gasteiger partial charge on any atom is 0.128 e. The van der Waals surface area contributed by atoms with Gasteiger partial charge >= 0.3 is 0 Å². The van der Waals surface area contributed by atoms with Crippen LogP contribution in [0.5, 0.6) is 0 Å². The Balaban J connectivity index is 2.45. The quantitative estimate of drug-likeness (QED) is 0.584. The van der Waals surface area contributed by atoms with Crippen molar-refractivity contribution in [3.8, 4) is 9.75 Å². The van der Waals surface area contributed by atoms with Gasteiger partial charge in [0.25, 0.3) is 0 Å². The van der Waals surface area contributed by atoms with Gasteiger partial charge in [-0.3, -0.25) is 0 Å². The van der Waals surface area contributed by atoms with Crippen LogP contribution in [-0.4, -0.2) is 7.85 Å². The Morgan fingerprint density at radius 1 is 1.09 bits per heavy atom. The van der Waals surface area contributed by atoms with Crippen LogP contribution < -0.4 is 4.78 Å². The molecule has 2 radical (unpaired) electrons. The normalized spacial score (nSPS) is 10.2. The Labute approximate surface area is 74.9 Å². The molecule has 0 bridgehead atoms. The summed E-state index contributed by atoms with van der Waals surface area (Å²) >= 11 is 3.38. The molecular weight excluding hydrogens is 171 g/mol. The molecule has 0 spiro atoms. The Morgan fingerprint density at radius 2 is 2.00 bits per heavy atom. The molecule has 0 fully saturated rings. The lowest BCUT2D eigenvalue weighted by Gasteiger charge is -1.86. The van der Waals surface area contributed by atoms with E-state index in [0.29, 0.717) is 0 Å². The highest BCUT2D eigenvalue weighted by molar-refractivity contribution is 7.26. The molecule has 2 aromatic heterocycles. The first-order valence-electron chi connectivity index (χ1n) is 3.25. The number of hydrogen-bond acceptors (Lipinski definition) is 2. The van der Waals surface area contributed by atoms with Crippen LogP contribution in [0.4, 0.5) is 0 Å². The van der Waals surface area contributed by atoms with Crippen molar-refractivity contribution in [2.45, 2.75) is 0 Å². The van der Waals surface area contributed by atoms with Crippen molar-refractivity contribution in [2.75, 3.05) is 0 Å². The molecule has 0 saturated carbocycles. The van der Waals surface area contributed by atoms with Gasteiger partial charge in [-0.05, 0) is 22.3 Å². The lowest BCUT2D eigenvalue weighted by Crippen LogP contribution is -1.88. The first-order chi connectivity index (χ1) is 5.36. The molecule has 0 unspecified atom stereocenters. The zero-order valence-electron chi connectivity index (χ0n) is 5.78. The van der Waals surface area contributed by atoms with E-state index < -0.39 is 0 Å². The molecule has 0 atom stereocenters. The van der Waals surface area contributed by atoms with E-state index in [2.05, 4.69) is 23.6 Å². The number of thiophene rings is 2. The molecular formula is C8H5BS2. The zero-order chi connectivity index (χ0) is 7.68. The maximum atomic E-state index is 5.61. The minimum absolute atomic E-state index is 0.883. The van der Waals surface area contributed by atoms with Crippen LogP contribution in [0.1, 0.15) is 0 Å². The third-order valence-electron chi connectivity index (χ3n) is 1.39.